The van der Waals surface area contributed by atoms with E-state index < -0.39 is 23.9 Å². The summed E-state index contributed by atoms with van der Waals surface area (Å²) in [6.07, 6.45) is -0.0492. The number of nitrogens with zero attached hydrogens (tertiary/aromatic N) is 6. The van der Waals surface area contributed by atoms with Crippen LogP contribution in [0, 0.1) is 12.8 Å². The van der Waals surface area contributed by atoms with Crippen molar-refractivity contribution >= 4 is 17.5 Å². The molecule has 43 heavy (non-hydrogen) atoms. The number of aromatic nitrogens is 4. The van der Waals surface area contributed by atoms with Gasteiger partial charge in [-0.25, -0.2) is 9.97 Å². The molecule has 4 aromatic rings. The molecule has 3 aromatic heterocycles. The highest BCUT2D eigenvalue weighted by molar-refractivity contribution is 5.96. The molecular weight excluding hydrogens is 573 g/mol. The number of rotatable bonds is 5. The molecule has 0 spiro atoms. The van der Waals surface area contributed by atoms with Crippen LogP contribution in [0.3, 0.4) is 0 Å². The van der Waals surface area contributed by atoms with E-state index >= 15 is 0 Å². The van der Waals surface area contributed by atoms with Crippen molar-refractivity contribution in [2.24, 2.45) is 5.92 Å². The molecule has 0 radical (unpaired) electrons. The highest BCUT2D eigenvalue weighted by atomic mass is 19.4. The van der Waals surface area contributed by atoms with E-state index in [-0.39, 0.29) is 41.2 Å². The fourth-order valence-electron chi connectivity index (χ4n) is 5.34. The lowest BCUT2D eigenvalue weighted by atomic mass is 9.97. The van der Waals surface area contributed by atoms with Crippen molar-refractivity contribution in [2.45, 2.75) is 25.6 Å². The Morgan fingerprint density at radius 3 is 2.60 bits per heavy atom. The van der Waals surface area contributed by atoms with Crippen LogP contribution in [-0.2, 0) is 15.7 Å². The van der Waals surface area contributed by atoms with Gasteiger partial charge in [0.05, 0.1) is 36.1 Å². The smallest absolute Gasteiger partial charge is 0.436 e. The molecule has 226 valence electrons. The van der Waals surface area contributed by atoms with E-state index in [1.165, 1.54) is 23.0 Å². The van der Waals surface area contributed by atoms with Crippen molar-refractivity contribution in [3.05, 3.63) is 59.9 Å². The van der Waals surface area contributed by atoms with Crippen LogP contribution in [0.15, 0.2) is 47.6 Å². The Hall–Kier alpha value is -4.50. The number of carbonyl (C=O) groups is 2. The van der Waals surface area contributed by atoms with Gasteiger partial charge in [0, 0.05) is 50.7 Å². The van der Waals surface area contributed by atoms with Crippen LogP contribution in [0.5, 0.6) is 11.6 Å². The van der Waals surface area contributed by atoms with E-state index in [0.29, 0.717) is 56.1 Å². The average molecular weight is 601 g/mol. The standard InChI is InChI=1S/C28H27F3N6O6/c1-16-12-17(43-25-24-33-13-21(37(24)6-5-32-25)19-15-42-34-23(19)28(29,30)31)2-3-18(16)26(39)35-7-9-36(10-8-35)27(40)20-14-41-11-4-22(20)38/h2-3,5-6,12-13,15,20,22,38H,4,7-11,14H2,1H3/t20?,22-/m0/s1. The van der Waals surface area contributed by atoms with Crippen LogP contribution in [-0.4, -0.2) is 91.7 Å². The van der Waals surface area contributed by atoms with Gasteiger partial charge in [0.2, 0.25) is 11.6 Å². The fraction of sp³-hybridized carbons (Fsp3) is 0.393. The number of alkyl halides is 3. The van der Waals surface area contributed by atoms with Gasteiger partial charge in [0.15, 0.2) is 5.69 Å². The molecule has 2 fully saturated rings. The van der Waals surface area contributed by atoms with E-state index in [1.807, 2.05) is 0 Å². The van der Waals surface area contributed by atoms with Crippen molar-refractivity contribution < 1.29 is 41.9 Å². The van der Waals surface area contributed by atoms with Gasteiger partial charge in [-0.15, -0.1) is 0 Å². The maximum Gasteiger partial charge on any atom is 0.437 e. The number of ether oxygens (including phenoxy) is 2. The minimum absolute atomic E-state index is 0.0477. The summed E-state index contributed by atoms with van der Waals surface area (Å²) < 4.78 is 57.4. The van der Waals surface area contributed by atoms with Gasteiger partial charge in [-0.05, 0) is 37.1 Å². The third-order valence-electron chi connectivity index (χ3n) is 7.67. The molecule has 2 atom stereocenters. The molecule has 2 saturated heterocycles. The van der Waals surface area contributed by atoms with E-state index in [4.69, 9.17) is 9.47 Å². The lowest BCUT2D eigenvalue weighted by Crippen LogP contribution is -2.54. The first-order valence-corrected chi connectivity index (χ1v) is 13.6. The Bertz CT molecular complexity index is 1660. The number of aryl methyl sites for hydroxylation is 1. The summed E-state index contributed by atoms with van der Waals surface area (Å²) in [5.41, 5.74) is -0.0810. The molecule has 0 aliphatic carbocycles. The van der Waals surface area contributed by atoms with E-state index in [1.54, 1.807) is 34.9 Å². The molecule has 2 aliphatic rings. The maximum atomic E-state index is 13.4. The predicted molar refractivity (Wildman–Crippen MR) is 142 cm³/mol. The molecular formula is C28H27F3N6O6. The van der Waals surface area contributed by atoms with E-state index in [9.17, 15) is 27.9 Å². The highest BCUT2D eigenvalue weighted by Gasteiger charge is 2.39. The monoisotopic (exact) mass is 600 g/mol. The molecule has 2 amide bonds. The molecule has 0 saturated carbocycles. The summed E-state index contributed by atoms with van der Waals surface area (Å²) in [6, 6.07) is 4.89. The van der Waals surface area contributed by atoms with E-state index in [2.05, 4.69) is 19.6 Å². The first-order valence-electron chi connectivity index (χ1n) is 13.6. The summed E-state index contributed by atoms with van der Waals surface area (Å²) in [6.45, 7) is 3.80. The molecule has 12 nitrogen and oxygen atoms in total. The van der Waals surface area contributed by atoms with Crippen LogP contribution >= 0.6 is 0 Å². The average Bonchev–Trinajstić information content (AvgIpc) is 3.65. The van der Waals surface area contributed by atoms with Crippen molar-refractivity contribution in [1.82, 2.24) is 29.3 Å². The number of carbonyl (C=O) groups excluding carboxylic acids is 2. The SMILES string of the molecule is Cc1cc(Oc2nccn3c(-c4conc4C(F)(F)F)cnc23)ccc1C(=O)N1CCN(C(=O)C2COCC[C@@H]2O)CC1. The number of aliphatic hydroxyl groups is 1. The third kappa shape index (κ3) is 5.52. The number of aliphatic hydroxyl groups excluding tert-OH is 1. The van der Waals surface area contributed by atoms with Gasteiger partial charge >= 0.3 is 6.18 Å². The lowest BCUT2D eigenvalue weighted by Gasteiger charge is -2.38. The number of piperazine rings is 1. The summed E-state index contributed by atoms with van der Waals surface area (Å²) in [7, 11) is 0. The predicted octanol–water partition coefficient (Wildman–Crippen LogP) is 3.19. The lowest BCUT2D eigenvalue weighted by molar-refractivity contribution is -0.148. The molecule has 1 N–H and O–H groups in total. The number of hydrogen-bond donors (Lipinski definition) is 1. The van der Waals surface area contributed by atoms with E-state index in [0.717, 1.165) is 6.26 Å². The molecule has 15 heteroatoms. The number of imidazole rings is 1. The minimum atomic E-state index is -4.71. The second-order valence-corrected chi connectivity index (χ2v) is 10.4. The number of amides is 2. The molecule has 0 bridgehead atoms. The van der Waals surface area contributed by atoms with Gasteiger partial charge in [-0.1, -0.05) is 5.16 Å². The summed E-state index contributed by atoms with van der Waals surface area (Å²) in [4.78, 5) is 37.9. The Morgan fingerprint density at radius 2 is 1.88 bits per heavy atom. The normalized spacial score (nSPS) is 19.6. The van der Waals surface area contributed by atoms with Gasteiger partial charge < -0.3 is 28.9 Å². The van der Waals surface area contributed by atoms with Crippen LogP contribution in [0.4, 0.5) is 13.2 Å². The van der Waals surface area contributed by atoms with Crippen molar-refractivity contribution in [2.75, 3.05) is 39.4 Å². The first kappa shape index (κ1) is 28.6. The van der Waals surface area contributed by atoms with Crippen molar-refractivity contribution in [1.29, 1.82) is 0 Å². The van der Waals surface area contributed by atoms with Gasteiger partial charge in [-0.3, -0.25) is 14.0 Å². The van der Waals surface area contributed by atoms with Crippen LogP contribution in [0.2, 0.25) is 0 Å². The second-order valence-electron chi connectivity index (χ2n) is 10.4. The number of hydrogen-bond acceptors (Lipinski definition) is 9. The zero-order chi connectivity index (χ0) is 30.3. The topological polar surface area (TPSA) is 136 Å². The molecule has 1 aromatic carbocycles. The number of fused-ring (bicyclic) bond motifs is 1. The maximum absolute atomic E-state index is 13.4. The molecule has 6 rings (SSSR count). The van der Waals surface area contributed by atoms with Crippen LogP contribution < -0.4 is 4.74 Å². The van der Waals surface area contributed by atoms with Gasteiger partial charge in [-0.2, -0.15) is 13.2 Å². The van der Waals surface area contributed by atoms with Crippen molar-refractivity contribution in [3.8, 4) is 22.9 Å². The summed E-state index contributed by atoms with van der Waals surface area (Å²) in [5, 5.41) is 13.3. The fourth-order valence-corrected chi connectivity index (χ4v) is 5.34. The zero-order valence-electron chi connectivity index (χ0n) is 23.0. The van der Waals surface area contributed by atoms with Crippen LogP contribution in [0.1, 0.15) is 28.0 Å². The van der Waals surface area contributed by atoms with Gasteiger partial charge in [0.1, 0.15) is 12.0 Å². The number of halogens is 3. The Kier molecular flexibility index (Phi) is 7.52. The van der Waals surface area contributed by atoms with Crippen LogP contribution in [0.25, 0.3) is 16.9 Å². The highest BCUT2D eigenvalue weighted by Crippen LogP contribution is 2.37. The Morgan fingerprint density at radius 1 is 1.12 bits per heavy atom. The largest absolute Gasteiger partial charge is 0.437 e. The number of benzene rings is 1. The molecule has 1 unspecified atom stereocenters. The van der Waals surface area contributed by atoms with Gasteiger partial charge in [0.25, 0.3) is 11.8 Å². The molecule has 2 aliphatic heterocycles. The Labute approximate surface area is 242 Å². The quantitative estimate of drug-likeness (QED) is 0.366. The second kappa shape index (κ2) is 11.3. The van der Waals surface area contributed by atoms with Crippen molar-refractivity contribution in [3.63, 3.8) is 0 Å². The Balaban J connectivity index is 1.14. The summed E-state index contributed by atoms with van der Waals surface area (Å²) >= 11 is 0. The minimum Gasteiger partial charge on any atom is -0.436 e. The molecule has 5 heterocycles. The third-order valence-corrected chi connectivity index (χ3v) is 7.67. The summed E-state index contributed by atoms with van der Waals surface area (Å²) in [5.74, 6) is -0.535. The first-order chi connectivity index (χ1) is 20.6. The zero-order valence-corrected chi connectivity index (χ0v) is 23.0.